The maximum Gasteiger partial charge on any atom is 0.262 e. The van der Waals surface area contributed by atoms with Gasteiger partial charge in [-0.1, -0.05) is 0 Å². The van der Waals surface area contributed by atoms with Gasteiger partial charge in [0.1, 0.15) is 12.3 Å². The van der Waals surface area contributed by atoms with E-state index < -0.39 is 23.8 Å². The highest BCUT2D eigenvalue weighted by Gasteiger charge is 2.45. The summed E-state index contributed by atoms with van der Waals surface area (Å²) in [5.74, 6) is -0.646. The summed E-state index contributed by atoms with van der Waals surface area (Å²) in [7, 11) is 0. The molecule has 2 saturated carbocycles. The molecule has 2 aromatic rings. The van der Waals surface area contributed by atoms with Gasteiger partial charge in [-0.3, -0.25) is 29.3 Å². The second-order valence-electron chi connectivity index (χ2n) is 12.9. The Kier molecular flexibility index (Phi) is 7.99. The summed E-state index contributed by atoms with van der Waals surface area (Å²) >= 11 is 0. The number of aromatic nitrogens is 1. The number of anilines is 2. The van der Waals surface area contributed by atoms with Crippen LogP contribution in [0, 0.1) is 11.8 Å². The van der Waals surface area contributed by atoms with Crippen molar-refractivity contribution in [2.24, 2.45) is 22.7 Å². The van der Waals surface area contributed by atoms with Crippen molar-refractivity contribution >= 4 is 41.1 Å². The lowest BCUT2D eigenvalue weighted by molar-refractivity contribution is -0.122. The first-order valence-corrected chi connectivity index (χ1v) is 16.2. The summed E-state index contributed by atoms with van der Waals surface area (Å²) in [5, 5.41) is 14.4. The van der Waals surface area contributed by atoms with Crippen molar-refractivity contribution in [1.29, 1.82) is 0 Å². The SMILES string of the molecule is NC(=O)C(CCC=O)N1C(=O)c2ccc(NCC3CC(N4CC(c5ncccc5N5CCNCC5)C(C5CC5)=N4)C3)cc2C1=O. The van der Waals surface area contributed by atoms with E-state index in [1.54, 1.807) is 18.2 Å². The minimum absolute atomic E-state index is 0.0153. The van der Waals surface area contributed by atoms with E-state index in [1.807, 2.05) is 12.3 Å². The number of aldehydes is 1. The van der Waals surface area contributed by atoms with Crippen LogP contribution in [-0.2, 0) is 9.59 Å². The Morgan fingerprint density at radius 3 is 2.62 bits per heavy atom. The van der Waals surface area contributed by atoms with Gasteiger partial charge in [-0.25, -0.2) is 0 Å². The number of primary amides is 1. The average Bonchev–Trinajstić information content (AvgIpc) is 3.75. The van der Waals surface area contributed by atoms with Gasteiger partial charge in [0.2, 0.25) is 5.91 Å². The van der Waals surface area contributed by atoms with Gasteiger partial charge >= 0.3 is 0 Å². The van der Waals surface area contributed by atoms with Crippen LogP contribution >= 0.6 is 0 Å². The third kappa shape index (κ3) is 5.67. The van der Waals surface area contributed by atoms with E-state index in [9.17, 15) is 19.2 Å². The zero-order chi connectivity index (χ0) is 31.1. The van der Waals surface area contributed by atoms with E-state index in [4.69, 9.17) is 15.8 Å². The molecule has 3 fully saturated rings. The van der Waals surface area contributed by atoms with E-state index >= 15 is 0 Å². The zero-order valence-electron chi connectivity index (χ0n) is 25.4. The van der Waals surface area contributed by atoms with Crippen LogP contribution in [0.3, 0.4) is 0 Å². The van der Waals surface area contributed by atoms with Crippen molar-refractivity contribution in [2.75, 3.05) is 49.5 Å². The smallest absolute Gasteiger partial charge is 0.262 e. The molecular formula is C33H40N8O4. The van der Waals surface area contributed by atoms with E-state index in [-0.39, 0.29) is 29.9 Å². The molecule has 12 nitrogen and oxygen atoms in total. The number of rotatable bonds is 12. The first-order valence-electron chi connectivity index (χ1n) is 16.2. The number of carbonyl (C=O) groups is 4. The molecule has 4 heterocycles. The minimum atomic E-state index is -1.15. The number of carbonyl (C=O) groups excluding carboxylic acids is 4. The van der Waals surface area contributed by atoms with E-state index in [0.29, 0.717) is 24.2 Å². The Balaban J connectivity index is 0.967. The number of nitrogens with two attached hydrogens (primary N) is 1. The van der Waals surface area contributed by atoms with Crippen molar-refractivity contribution in [3.8, 4) is 0 Å². The molecule has 0 spiro atoms. The molecule has 2 unspecified atom stereocenters. The Bertz CT molecular complexity index is 1530. The van der Waals surface area contributed by atoms with E-state index in [2.05, 4.69) is 26.6 Å². The maximum atomic E-state index is 13.1. The second kappa shape index (κ2) is 12.2. The highest BCUT2D eigenvalue weighted by molar-refractivity contribution is 6.23. The first kappa shape index (κ1) is 29.4. The average molecular weight is 613 g/mol. The number of imide groups is 1. The quantitative estimate of drug-likeness (QED) is 0.241. The molecule has 4 N–H and O–H groups in total. The van der Waals surface area contributed by atoms with Crippen molar-refractivity contribution in [3.05, 3.63) is 53.3 Å². The van der Waals surface area contributed by atoms with Gasteiger partial charge in [0.15, 0.2) is 0 Å². The molecular weight excluding hydrogens is 572 g/mol. The Labute approximate surface area is 262 Å². The van der Waals surface area contributed by atoms with Crippen LogP contribution in [0.5, 0.6) is 0 Å². The number of nitrogens with zero attached hydrogens (tertiary/aromatic N) is 5. The molecule has 1 saturated heterocycles. The topological polar surface area (TPSA) is 153 Å². The summed E-state index contributed by atoms with van der Waals surface area (Å²) in [4.78, 5) is 57.2. The largest absolute Gasteiger partial charge is 0.385 e. The lowest BCUT2D eigenvalue weighted by atomic mass is 9.79. The monoisotopic (exact) mass is 612 g/mol. The number of piperazine rings is 1. The van der Waals surface area contributed by atoms with Crippen molar-refractivity contribution in [2.45, 2.75) is 56.5 Å². The van der Waals surface area contributed by atoms with Crippen LogP contribution in [0.4, 0.5) is 11.4 Å². The third-order valence-corrected chi connectivity index (χ3v) is 9.91. The van der Waals surface area contributed by atoms with Gasteiger partial charge < -0.3 is 26.1 Å². The van der Waals surface area contributed by atoms with Crippen LogP contribution in [0.15, 0.2) is 41.6 Å². The Morgan fingerprint density at radius 2 is 1.89 bits per heavy atom. The van der Waals surface area contributed by atoms with E-state index in [1.165, 1.54) is 29.9 Å². The van der Waals surface area contributed by atoms with Crippen LogP contribution in [0.2, 0.25) is 0 Å². The molecule has 7 rings (SSSR count). The molecule has 0 bridgehead atoms. The number of pyridine rings is 1. The third-order valence-electron chi connectivity index (χ3n) is 9.91. The number of benzene rings is 1. The number of hydrazone groups is 1. The summed E-state index contributed by atoms with van der Waals surface area (Å²) in [6.07, 6.45) is 7.09. The summed E-state index contributed by atoms with van der Waals surface area (Å²) < 4.78 is 0. The molecule has 2 atom stereocenters. The zero-order valence-corrected chi connectivity index (χ0v) is 25.4. The van der Waals surface area contributed by atoms with Gasteiger partial charge in [-0.15, -0.1) is 0 Å². The standard InChI is InChI=1S/C33H40N8O4/c34-31(43)28(4-2-14-42)41-32(44)24-8-7-22(17-25(24)33(41)45)37-18-20-15-23(16-20)40-19-26(29(38-40)21-5-6-21)30-27(3-1-9-36-30)39-12-10-35-11-13-39/h1,3,7-9,14,17,20-21,23,26,28,35,37H,2,4-6,10-13,15-16,18-19H2,(H2,34,43). The predicted molar refractivity (Wildman–Crippen MR) is 169 cm³/mol. The van der Waals surface area contributed by atoms with Crippen LogP contribution in [0.1, 0.15) is 70.9 Å². The van der Waals surface area contributed by atoms with Crippen molar-refractivity contribution in [1.82, 2.24) is 20.2 Å². The fourth-order valence-electron chi connectivity index (χ4n) is 7.24. The fourth-order valence-corrected chi connectivity index (χ4v) is 7.24. The number of hydrogen-bond acceptors (Lipinski definition) is 10. The number of amides is 3. The van der Waals surface area contributed by atoms with Gasteiger partial charge in [0, 0.05) is 57.1 Å². The lowest BCUT2D eigenvalue weighted by Gasteiger charge is -2.40. The van der Waals surface area contributed by atoms with Gasteiger partial charge in [-0.2, -0.15) is 5.10 Å². The molecule has 0 radical (unpaired) electrons. The van der Waals surface area contributed by atoms with Crippen LogP contribution < -0.4 is 21.3 Å². The second-order valence-corrected chi connectivity index (χ2v) is 12.9. The molecule has 5 aliphatic rings. The molecule has 3 aliphatic heterocycles. The van der Waals surface area contributed by atoms with Crippen LogP contribution in [0.25, 0.3) is 0 Å². The predicted octanol–water partition coefficient (Wildman–Crippen LogP) is 1.98. The highest BCUT2D eigenvalue weighted by Crippen LogP contribution is 2.44. The summed E-state index contributed by atoms with van der Waals surface area (Å²) in [6.45, 7) is 5.58. The molecule has 236 valence electrons. The fraction of sp³-hybridized carbons (Fsp3) is 0.515. The van der Waals surface area contributed by atoms with Gasteiger partial charge in [0.05, 0.1) is 40.7 Å². The number of hydrogen-bond donors (Lipinski definition) is 3. The molecule has 45 heavy (non-hydrogen) atoms. The highest BCUT2D eigenvalue weighted by atomic mass is 16.2. The normalized spacial score (nSPS) is 25.1. The van der Waals surface area contributed by atoms with Crippen molar-refractivity contribution in [3.63, 3.8) is 0 Å². The summed E-state index contributed by atoms with van der Waals surface area (Å²) in [6, 6.07) is 8.58. The number of fused-ring (bicyclic) bond motifs is 1. The van der Waals surface area contributed by atoms with Gasteiger partial charge in [0.25, 0.3) is 11.8 Å². The molecule has 1 aromatic heterocycles. The number of nitrogens with one attached hydrogen (secondary N) is 2. The maximum absolute atomic E-state index is 13.1. The lowest BCUT2D eigenvalue weighted by Crippen LogP contribution is -2.47. The summed E-state index contributed by atoms with van der Waals surface area (Å²) in [5.41, 5.74) is 10.4. The van der Waals surface area contributed by atoms with E-state index in [0.717, 1.165) is 62.7 Å². The minimum Gasteiger partial charge on any atom is -0.385 e. The molecule has 3 amide bonds. The first-order chi connectivity index (χ1) is 21.9. The van der Waals surface area contributed by atoms with Crippen LogP contribution in [-0.4, -0.2) is 96.0 Å². The molecule has 2 aliphatic carbocycles. The molecule has 1 aromatic carbocycles. The Hall–Kier alpha value is -4.32. The van der Waals surface area contributed by atoms with Crippen molar-refractivity contribution < 1.29 is 19.2 Å². The Morgan fingerprint density at radius 1 is 1.11 bits per heavy atom. The van der Waals surface area contributed by atoms with Gasteiger partial charge in [-0.05, 0) is 74.3 Å². The molecule has 12 heteroatoms.